The summed E-state index contributed by atoms with van der Waals surface area (Å²) in [4.78, 5) is 16.8. The Hall–Kier alpha value is -1.78. The number of amides is 1. The summed E-state index contributed by atoms with van der Waals surface area (Å²) in [6, 6.07) is 3.36. The van der Waals surface area contributed by atoms with Crippen LogP contribution in [0.4, 0.5) is 4.79 Å². The van der Waals surface area contributed by atoms with Crippen LogP contribution in [0.3, 0.4) is 0 Å². The first-order valence-corrected chi connectivity index (χ1v) is 5.74. The van der Waals surface area contributed by atoms with Crippen LogP contribution >= 0.6 is 0 Å². The van der Waals surface area contributed by atoms with E-state index in [9.17, 15) is 9.90 Å². The number of rotatable bonds is 1. The molecule has 0 unspecified atom stereocenters. The number of pyridine rings is 1. The van der Waals surface area contributed by atoms with E-state index >= 15 is 0 Å². The lowest BCUT2D eigenvalue weighted by Gasteiger charge is -2.24. The Morgan fingerprint density at radius 3 is 3.12 bits per heavy atom. The molecular weight excluding hydrogens is 220 g/mol. The van der Waals surface area contributed by atoms with Gasteiger partial charge in [-0.25, -0.2) is 4.79 Å². The van der Waals surface area contributed by atoms with Crippen LogP contribution in [-0.4, -0.2) is 33.7 Å². The van der Waals surface area contributed by atoms with Gasteiger partial charge in [0.2, 0.25) is 0 Å². The van der Waals surface area contributed by atoms with Gasteiger partial charge in [-0.05, 0) is 25.5 Å². The van der Waals surface area contributed by atoms with E-state index in [0.717, 1.165) is 6.42 Å². The number of fused-ring (bicyclic) bond motifs is 1. The van der Waals surface area contributed by atoms with Gasteiger partial charge in [0.15, 0.2) is 0 Å². The Morgan fingerprint density at radius 2 is 2.47 bits per heavy atom. The maximum Gasteiger partial charge on any atom is 0.407 e. The summed E-state index contributed by atoms with van der Waals surface area (Å²) < 4.78 is 5.79. The molecule has 0 aliphatic carbocycles. The number of ether oxygens (including phenoxy) is 1. The van der Waals surface area contributed by atoms with Crippen molar-refractivity contribution in [2.45, 2.75) is 32.4 Å². The van der Waals surface area contributed by atoms with Crippen molar-refractivity contribution in [3.63, 3.8) is 0 Å². The van der Waals surface area contributed by atoms with Gasteiger partial charge in [-0.1, -0.05) is 6.92 Å². The van der Waals surface area contributed by atoms with Crippen molar-refractivity contribution < 1.29 is 14.6 Å². The summed E-state index contributed by atoms with van der Waals surface area (Å²) in [6.45, 7) is 4.20. The van der Waals surface area contributed by atoms with Crippen LogP contribution in [0.5, 0.6) is 5.75 Å². The summed E-state index contributed by atoms with van der Waals surface area (Å²) in [6.07, 6.45) is 1.38. The van der Waals surface area contributed by atoms with Gasteiger partial charge in [0.05, 0.1) is 12.6 Å². The van der Waals surface area contributed by atoms with Gasteiger partial charge < -0.3 is 9.84 Å². The average Bonchev–Trinajstić information content (AvgIpc) is 2.47. The van der Waals surface area contributed by atoms with E-state index in [4.69, 9.17) is 4.74 Å². The molecule has 1 aromatic heterocycles. The van der Waals surface area contributed by atoms with E-state index in [0.29, 0.717) is 18.0 Å². The highest BCUT2D eigenvalue weighted by atomic mass is 16.5. The van der Waals surface area contributed by atoms with E-state index in [-0.39, 0.29) is 12.1 Å². The highest BCUT2D eigenvalue weighted by Crippen LogP contribution is 2.31. The van der Waals surface area contributed by atoms with Gasteiger partial charge in [-0.15, -0.1) is 0 Å². The van der Waals surface area contributed by atoms with Crippen LogP contribution in [0.15, 0.2) is 18.3 Å². The zero-order valence-electron chi connectivity index (χ0n) is 9.96. The predicted molar refractivity (Wildman–Crippen MR) is 62.1 cm³/mol. The monoisotopic (exact) mass is 236 g/mol. The molecule has 2 rings (SSSR count). The molecule has 1 aliphatic heterocycles. The molecule has 1 N–H and O–H groups in total. The Morgan fingerprint density at radius 1 is 1.71 bits per heavy atom. The molecule has 5 nitrogen and oxygen atoms in total. The predicted octanol–water partition coefficient (Wildman–Crippen LogP) is 2.29. The van der Waals surface area contributed by atoms with Crippen molar-refractivity contribution in [3.8, 4) is 5.75 Å². The summed E-state index contributed by atoms with van der Waals surface area (Å²) >= 11 is 0. The third kappa shape index (κ3) is 2.18. The molecule has 5 heteroatoms. The lowest BCUT2D eigenvalue weighted by atomic mass is 10.1. The van der Waals surface area contributed by atoms with Crippen LogP contribution in [0.1, 0.15) is 32.0 Å². The first kappa shape index (κ1) is 11.7. The molecule has 0 fully saturated rings. The summed E-state index contributed by atoms with van der Waals surface area (Å²) in [5.74, 6) is 0.690. The zero-order chi connectivity index (χ0) is 12.4. The summed E-state index contributed by atoms with van der Waals surface area (Å²) in [7, 11) is 0. The fourth-order valence-corrected chi connectivity index (χ4v) is 2.01. The molecule has 92 valence electrons. The molecule has 2 atom stereocenters. The van der Waals surface area contributed by atoms with Gasteiger partial charge in [0.25, 0.3) is 0 Å². The standard InChI is InChI=1S/C12H16N2O3/c1-3-9-7-14(12(15)16)8(2)11-10(17-9)5-4-6-13-11/h4-6,8-9H,3,7H2,1-2H3,(H,15,16)/t8-,9+/m0/s1. The van der Waals surface area contributed by atoms with E-state index < -0.39 is 6.09 Å². The Kier molecular flexibility index (Phi) is 3.17. The van der Waals surface area contributed by atoms with Crippen molar-refractivity contribution in [2.24, 2.45) is 0 Å². The lowest BCUT2D eigenvalue weighted by molar-refractivity contribution is 0.102. The van der Waals surface area contributed by atoms with Gasteiger partial charge in [-0.3, -0.25) is 9.88 Å². The molecule has 0 aromatic carbocycles. The van der Waals surface area contributed by atoms with Gasteiger partial charge in [-0.2, -0.15) is 0 Å². The zero-order valence-corrected chi connectivity index (χ0v) is 9.96. The van der Waals surface area contributed by atoms with Crippen molar-refractivity contribution in [1.82, 2.24) is 9.88 Å². The average molecular weight is 236 g/mol. The number of carbonyl (C=O) groups is 1. The van der Waals surface area contributed by atoms with Crippen LogP contribution in [0.2, 0.25) is 0 Å². The first-order valence-electron chi connectivity index (χ1n) is 5.74. The molecule has 1 aromatic rings. The number of hydrogen-bond acceptors (Lipinski definition) is 3. The van der Waals surface area contributed by atoms with Crippen molar-refractivity contribution in [1.29, 1.82) is 0 Å². The molecule has 17 heavy (non-hydrogen) atoms. The highest BCUT2D eigenvalue weighted by Gasteiger charge is 2.31. The maximum atomic E-state index is 11.2. The SMILES string of the molecule is CC[C@@H]1CN(C(=O)O)[C@@H](C)c2ncccc2O1. The third-order valence-corrected chi connectivity index (χ3v) is 3.06. The fraction of sp³-hybridized carbons (Fsp3) is 0.500. The molecule has 0 saturated carbocycles. The molecular formula is C12H16N2O3. The third-order valence-electron chi connectivity index (χ3n) is 3.06. The van der Waals surface area contributed by atoms with Gasteiger partial charge >= 0.3 is 6.09 Å². The largest absolute Gasteiger partial charge is 0.487 e. The number of nitrogens with zero attached hydrogens (tertiary/aromatic N) is 2. The minimum absolute atomic E-state index is 0.112. The molecule has 0 spiro atoms. The second-order valence-electron chi connectivity index (χ2n) is 4.15. The minimum atomic E-state index is -0.932. The number of hydrogen-bond donors (Lipinski definition) is 1. The Bertz CT molecular complexity index is 422. The molecule has 2 heterocycles. The smallest absolute Gasteiger partial charge is 0.407 e. The topological polar surface area (TPSA) is 62.7 Å². The van der Waals surface area contributed by atoms with E-state index in [1.165, 1.54) is 4.90 Å². The van der Waals surface area contributed by atoms with Crippen LogP contribution in [-0.2, 0) is 0 Å². The Labute approximate surface area is 100 Å². The molecule has 1 aliphatic rings. The number of aromatic nitrogens is 1. The van der Waals surface area contributed by atoms with Crippen molar-refractivity contribution in [2.75, 3.05) is 6.54 Å². The van der Waals surface area contributed by atoms with E-state index in [2.05, 4.69) is 4.98 Å². The first-order chi connectivity index (χ1) is 8.13. The van der Waals surface area contributed by atoms with Gasteiger partial charge in [0.1, 0.15) is 17.5 Å². The summed E-state index contributed by atoms with van der Waals surface area (Å²) in [5.41, 5.74) is 0.686. The van der Waals surface area contributed by atoms with E-state index in [1.54, 1.807) is 12.3 Å². The molecule has 1 amide bonds. The second-order valence-corrected chi connectivity index (χ2v) is 4.15. The minimum Gasteiger partial charge on any atom is -0.487 e. The Balaban J connectivity index is 2.41. The maximum absolute atomic E-state index is 11.2. The van der Waals surface area contributed by atoms with Gasteiger partial charge in [0, 0.05) is 6.20 Å². The highest BCUT2D eigenvalue weighted by molar-refractivity contribution is 5.66. The van der Waals surface area contributed by atoms with E-state index in [1.807, 2.05) is 19.9 Å². The van der Waals surface area contributed by atoms with Crippen LogP contribution < -0.4 is 4.74 Å². The second kappa shape index (κ2) is 4.61. The lowest BCUT2D eigenvalue weighted by Crippen LogP contribution is -2.38. The number of carboxylic acid groups (broad SMARTS) is 1. The molecule has 0 bridgehead atoms. The molecule has 0 radical (unpaired) electrons. The van der Waals surface area contributed by atoms with Crippen LogP contribution in [0, 0.1) is 0 Å². The normalized spacial score (nSPS) is 23.5. The summed E-state index contributed by atoms with van der Waals surface area (Å²) in [5, 5.41) is 9.22. The molecule has 0 saturated heterocycles. The van der Waals surface area contributed by atoms with Crippen molar-refractivity contribution >= 4 is 6.09 Å². The fourth-order valence-electron chi connectivity index (χ4n) is 2.01. The van der Waals surface area contributed by atoms with Crippen LogP contribution in [0.25, 0.3) is 0 Å². The quantitative estimate of drug-likeness (QED) is 0.812. The van der Waals surface area contributed by atoms with Crippen molar-refractivity contribution in [3.05, 3.63) is 24.0 Å².